The number of anilines is 1. The van der Waals surface area contributed by atoms with Crippen LogP contribution in [0, 0.1) is 11.3 Å². The fraction of sp³-hybridized carbons (Fsp3) is 0.286. The Hall–Kier alpha value is -2.32. The van der Waals surface area contributed by atoms with Gasteiger partial charge in [0.25, 0.3) is 0 Å². The Balaban J connectivity index is 1.86. The van der Waals surface area contributed by atoms with E-state index in [-0.39, 0.29) is 6.04 Å². The van der Waals surface area contributed by atoms with Gasteiger partial charge in [0.1, 0.15) is 0 Å². The largest absolute Gasteiger partial charge is 0.354 e. The molecule has 96 valence electrons. The maximum atomic E-state index is 8.92. The molecule has 1 unspecified atom stereocenters. The molecule has 1 aromatic carbocycles. The van der Waals surface area contributed by atoms with Gasteiger partial charge >= 0.3 is 0 Å². The second-order valence-corrected chi connectivity index (χ2v) is 4.83. The molecule has 2 aromatic rings. The summed E-state index contributed by atoms with van der Waals surface area (Å²) in [6, 6.07) is 11.9. The zero-order valence-electron chi connectivity index (χ0n) is 10.5. The molecule has 5 nitrogen and oxygen atoms in total. The first-order chi connectivity index (χ1) is 9.26. The molecular weight excluding hydrogens is 238 g/mol. The van der Waals surface area contributed by atoms with Gasteiger partial charge in [0.05, 0.1) is 17.3 Å². The molecule has 0 saturated carbocycles. The van der Waals surface area contributed by atoms with Crippen molar-refractivity contribution in [3.05, 3.63) is 35.9 Å². The summed E-state index contributed by atoms with van der Waals surface area (Å²) in [6.45, 7) is 1.80. The van der Waals surface area contributed by atoms with E-state index in [1.807, 2.05) is 24.3 Å². The Bertz CT molecular complexity index is 625. The second kappa shape index (κ2) is 4.75. The number of hydrogen-bond acceptors (Lipinski definition) is 4. The molecule has 0 amide bonds. The predicted octanol–water partition coefficient (Wildman–Crippen LogP) is 1.49. The number of aromatic nitrogens is 2. The molecule has 0 aliphatic carbocycles. The molecule has 1 saturated heterocycles. The molecular formula is C14H15N5. The quantitative estimate of drug-likeness (QED) is 0.849. The molecule has 2 heterocycles. The molecule has 1 aliphatic rings. The molecule has 5 heteroatoms. The number of H-pyrrole nitrogens is 1. The second-order valence-electron chi connectivity index (χ2n) is 4.83. The number of nitrogens with two attached hydrogens (primary N) is 1. The smallest absolute Gasteiger partial charge is 0.151 e. The maximum Gasteiger partial charge on any atom is 0.151 e. The number of hydrogen-bond donors (Lipinski definition) is 2. The van der Waals surface area contributed by atoms with E-state index < -0.39 is 0 Å². The molecule has 3 rings (SSSR count). The maximum absolute atomic E-state index is 8.92. The zero-order valence-corrected chi connectivity index (χ0v) is 10.5. The molecule has 1 aliphatic heterocycles. The van der Waals surface area contributed by atoms with Crippen LogP contribution in [0.25, 0.3) is 11.3 Å². The first-order valence-corrected chi connectivity index (χ1v) is 6.33. The highest BCUT2D eigenvalue weighted by Gasteiger charge is 2.21. The first-order valence-electron chi connectivity index (χ1n) is 6.33. The highest BCUT2D eigenvalue weighted by atomic mass is 15.3. The Morgan fingerprint density at radius 3 is 3.05 bits per heavy atom. The summed E-state index contributed by atoms with van der Waals surface area (Å²) in [5, 5.41) is 16.3. The molecule has 0 radical (unpaired) electrons. The fourth-order valence-corrected chi connectivity index (χ4v) is 2.37. The lowest BCUT2D eigenvalue weighted by atomic mass is 10.1. The van der Waals surface area contributed by atoms with E-state index in [1.165, 1.54) is 0 Å². The van der Waals surface area contributed by atoms with Crippen LogP contribution in [0.1, 0.15) is 12.0 Å². The van der Waals surface area contributed by atoms with E-state index in [2.05, 4.69) is 21.2 Å². The summed E-state index contributed by atoms with van der Waals surface area (Å²) in [5.74, 6) is 0.922. The fourth-order valence-electron chi connectivity index (χ4n) is 2.37. The van der Waals surface area contributed by atoms with Crippen molar-refractivity contribution in [2.24, 2.45) is 5.73 Å². The highest BCUT2D eigenvalue weighted by molar-refractivity contribution is 5.65. The molecule has 3 N–H and O–H groups in total. The van der Waals surface area contributed by atoms with Crippen LogP contribution in [0.15, 0.2) is 30.3 Å². The van der Waals surface area contributed by atoms with Crippen molar-refractivity contribution in [3.8, 4) is 17.3 Å². The SMILES string of the molecule is N#Cc1cccc(-c2cc(N3CCC(N)C3)n[nH]2)c1. The minimum Gasteiger partial charge on any atom is -0.354 e. The van der Waals surface area contributed by atoms with Crippen LogP contribution < -0.4 is 10.6 Å². The van der Waals surface area contributed by atoms with E-state index in [1.54, 1.807) is 6.07 Å². The van der Waals surface area contributed by atoms with Gasteiger partial charge in [0.2, 0.25) is 0 Å². The Morgan fingerprint density at radius 2 is 2.32 bits per heavy atom. The third kappa shape index (κ3) is 2.30. The Labute approximate surface area is 111 Å². The van der Waals surface area contributed by atoms with Gasteiger partial charge in [-0.2, -0.15) is 10.4 Å². The molecule has 0 spiro atoms. The van der Waals surface area contributed by atoms with Crippen molar-refractivity contribution in [2.75, 3.05) is 18.0 Å². The van der Waals surface area contributed by atoms with Crippen molar-refractivity contribution < 1.29 is 0 Å². The van der Waals surface area contributed by atoms with Gasteiger partial charge in [0, 0.05) is 30.8 Å². The number of rotatable bonds is 2. The normalized spacial score (nSPS) is 18.5. The number of aromatic amines is 1. The van der Waals surface area contributed by atoms with E-state index >= 15 is 0 Å². The molecule has 1 aromatic heterocycles. The van der Waals surface area contributed by atoms with Gasteiger partial charge in [0.15, 0.2) is 5.82 Å². The zero-order chi connectivity index (χ0) is 13.2. The molecule has 0 bridgehead atoms. The van der Waals surface area contributed by atoms with Crippen molar-refractivity contribution in [2.45, 2.75) is 12.5 Å². The van der Waals surface area contributed by atoms with E-state index in [0.29, 0.717) is 5.56 Å². The summed E-state index contributed by atoms with van der Waals surface area (Å²) < 4.78 is 0. The van der Waals surface area contributed by atoms with E-state index in [0.717, 1.165) is 36.6 Å². The van der Waals surface area contributed by atoms with Crippen molar-refractivity contribution >= 4 is 5.82 Å². The third-order valence-corrected chi connectivity index (χ3v) is 3.42. The van der Waals surface area contributed by atoms with Crippen LogP contribution in [0.2, 0.25) is 0 Å². The minimum absolute atomic E-state index is 0.238. The van der Waals surface area contributed by atoms with Crippen molar-refractivity contribution in [3.63, 3.8) is 0 Å². The van der Waals surface area contributed by atoms with Crippen molar-refractivity contribution in [1.29, 1.82) is 5.26 Å². The van der Waals surface area contributed by atoms with E-state index in [4.69, 9.17) is 11.0 Å². The third-order valence-electron chi connectivity index (χ3n) is 3.42. The molecule has 19 heavy (non-hydrogen) atoms. The van der Waals surface area contributed by atoms with Crippen LogP contribution in [0.3, 0.4) is 0 Å². The number of nitrogens with zero attached hydrogens (tertiary/aromatic N) is 3. The monoisotopic (exact) mass is 253 g/mol. The molecule has 1 fully saturated rings. The minimum atomic E-state index is 0.238. The van der Waals surface area contributed by atoms with Crippen LogP contribution in [0.5, 0.6) is 0 Å². The van der Waals surface area contributed by atoms with Gasteiger partial charge < -0.3 is 10.6 Å². The van der Waals surface area contributed by atoms with Crippen LogP contribution >= 0.6 is 0 Å². The van der Waals surface area contributed by atoms with Gasteiger partial charge in [-0.3, -0.25) is 5.10 Å². The summed E-state index contributed by atoms with van der Waals surface area (Å²) >= 11 is 0. The van der Waals surface area contributed by atoms with Crippen LogP contribution in [-0.2, 0) is 0 Å². The number of benzene rings is 1. The summed E-state index contributed by atoms with van der Waals surface area (Å²) in [5.41, 5.74) is 8.45. The van der Waals surface area contributed by atoms with Gasteiger partial charge in [-0.15, -0.1) is 0 Å². The first kappa shape index (κ1) is 11.8. The van der Waals surface area contributed by atoms with Crippen LogP contribution in [-0.4, -0.2) is 29.3 Å². The van der Waals surface area contributed by atoms with Gasteiger partial charge in [-0.1, -0.05) is 12.1 Å². The van der Waals surface area contributed by atoms with Crippen molar-refractivity contribution in [1.82, 2.24) is 10.2 Å². The summed E-state index contributed by atoms with van der Waals surface area (Å²) in [4.78, 5) is 2.18. The standard InChI is InChI=1S/C14H15N5/c15-8-10-2-1-3-11(6-10)13-7-14(18-17-13)19-5-4-12(16)9-19/h1-3,6-7,12H,4-5,9,16H2,(H,17,18). The Morgan fingerprint density at radius 1 is 1.42 bits per heavy atom. The lowest BCUT2D eigenvalue weighted by Gasteiger charge is -2.13. The average Bonchev–Trinajstić information content (AvgIpc) is 3.07. The van der Waals surface area contributed by atoms with Gasteiger partial charge in [-0.05, 0) is 18.6 Å². The predicted molar refractivity (Wildman–Crippen MR) is 73.5 cm³/mol. The van der Waals surface area contributed by atoms with E-state index in [9.17, 15) is 0 Å². The summed E-state index contributed by atoms with van der Waals surface area (Å²) in [6.07, 6.45) is 1.01. The lowest BCUT2D eigenvalue weighted by Crippen LogP contribution is -2.26. The highest BCUT2D eigenvalue weighted by Crippen LogP contribution is 2.24. The molecule has 1 atom stereocenters. The topological polar surface area (TPSA) is 81.7 Å². The summed E-state index contributed by atoms with van der Waals surface area (Å²) in [7, 11) is 0. The van der Waals surface area contributed by atoms with Gasteiger partial charge in [-0.25, -0.2) is 0 Å². The Kier molecular flexibility index (Phi) is 2.94. The number of nitrogens with one attached hydrogen (secondary N) is 1. The average molecular weight is 253 g/mol. The number of nitriles is 1. The lowest BCUT2D eigenvalue weighted by molar-refractivity contribution is 0.751. The van der Waals surface area contributed by atoms with Crippen LogP contribution in [0.4, 0.5) is 5.82 Å².